The second kappa shape index (κ2) is 9.85. The molecule has 0 aliphatic carbocycles. The third-order valence-electron chi connectivity index (χ3n) is 5.76. The van der Waals surface area contributed by atoms with Crippen molar-refractivity contribution in [2.24, 2.45) is 0 Å². The predicted molar refractivity (Wildman–Crippen MR) is 127 cm³/mol. The van der Waals surface area contributed by atoms with Gasteiger partial charge < -0.3 is 19.3 Å². The molecule has 1 aliphatic rings. The van der Waals surface area contributed by atoms with Crippen LogP contribution < -0.4 is 14.4 Å². The number of ether oxygens (including phenoxy) is 2. The second-order valence-electron chi connectivity index (χ2n) is 8.29. The van der Waals surface area contributed by atoms with E-state index in [0.717, 1.165) is 35.2 Å². The van der Waals surface area contributed by atoms with Gasteiger partial charge in [0.1, 0.15) is 0 Å². The zero-order chi connectivity index (χ0) is 23.4. The van der Waals surface area contributed by atoms with Gasteiger partial charge in [-0.1, -0.05) is 6.07 Å². The molecule has 1 saturated heterocycles. The van der Waals surface area contributed by atoms with Crippen LogP contribution in [0.5, 0.6) is 11.5 Å². The van der Waals surface area contributed by atoms with E-state index in [-0.39, 0.29) is 18.6 Å². The van der Waals surface area contributed by atoms with Crippen LogP contribution in [0.25, 0.3) is 11.1 Å². The molecule has 1 aromatic carbocycles. The second-order valence-corrected chi connectivity index (χ2v) is 8.29. The Kier molecular flexibility index (Phi) is 6.72. The molecule has 0 unspecified atom stereocenters. The highest BCUT2D eigenvalue weighted by Crippen LogP contribution is 2.37. The van der Waals surface area contributed by atoms with Gasteiger partial charge in [0, 0.05) is 44.8 Å². The van der Waals surface area contributed by atoms with Gasteiger partial charge in [0.05, 0.1) is 18.8 Å². The average Bonchev–Trinajstić information content (AvgIpc) is 3.33. The maximum Gasteiger partial charge on any atom is 0.261 e. The van der Waals surface area contributed by atoms with Gasteiger partial charge >= 0.3 is 0 Å². The Morgan fingerprint density at radius 3 is 2.70 bits per heavy atom. The summed E-state index contributed by atoms with van der Waals surface area (Å²) in [4.78, 5) is 30.5. The average molecular weight is 448 g/mol. The van der Waals surface area contributed by atoms with Gasteiger partial charge in [-0.2, -0.15) is 0 Å². The predicted octanol–water partition coefficient (Wildman–Crippen LogP) is 3.66. The van der Waals surface area contributed by atoms with E-state index in [9.17, 15) is 4.79 Å². The number of rotatable bonds is 7. The van der Waals surface area contributed by atoms with E-state index in [0.29, 0.717) is 24.0 Å². The van der Waals surface area contributed by atoms with Gasteiger partial charge in [-0.05, 0) is 55.2 Å². The van der Waals surface area contributed by atoms with Crippen molar-refractivity contribution >= 4 is 11.9 Å². The van der Waals surface area contributed by atoms with E-state index in [2.05, 4.69) is 9.97 Å². The van der Waals surface area contributed by atoms with Crippen molar-refractivity contribution in [2.75, 3.05) is 39.3 Å². The Morgan fingerprint density at radius 1 is 1.18 bits per heavy atom. The van der Waals surface area contributed by atoms with Crippen LogP contribution in [0, 0.1) is 6.92 Å². The molecule has 172 valence electrons. The molecule has 1 fully saturated rings. The number of nitrogens with zero attached hydrogens (tertiary/aromatic N) is 5. The Morgan fingerprint density at radius 2 is 1.97 bits per heavy atom. The highest BCUT2D eigenvalue weighted by Gasteiger charge is 2.33. The zero-order valence-electron chi connectivity index (χ0n) is 19.5. The molecule has 33 heavy (non-hydrogen) atoms. The summed E-state index contributed by atoms with van der Waals surface area (Å²) in [7, 11) is 5.41. The molecule has 8 nitrogen and oxygen atoms in total. The number of carbonyl (C=O) groups excluding carboxylic acids is 1. The molecule has 8 heteroatoms. The largest absolute Gasteiger partial charge is 0.493 e. The molecule has 0 bridgehead atoms. The summed E-state index contributed by atoms with van der Waals surface area (Å²) in [5, 5.41) is 0. The number of amides is 1. The maximum atomic E-state index is 13.2. The molecular formula is C25H29N5O3. The van der Waals surface area contributed by atoms with E-state index in [1.54, 1.807) is 19.5 Å². The number of anilines is 1. The maximum absolute atomic E-state index is 13.2. The van der Waals surface area contributed by atoms with E-state index in [4.69, 9.17) is 14.5 Å². The Balaban J connectivity index is 1.60. The number of pyridine rings is 1. The van der Waals surface area contributed by atoms with Crippen molar-refractivity contribution in [2.45, 2.75) is 25.8 Å². The van der Waals surface area contributed by atoms with Crippen LogP contribution >= 0.6 is 0 Å². The molecule has 1 atom stereocenters. The first-order valence-corrected chi connectivity index (χ1v) is 11.0. The molecular weight excluding hydrogens is 418 g/mol. The Hall–Kier alpha value is -3.68. The van der Waals surface area contributed by atoms with Gasteiger partial charge in [-0.15, -0.1) is 0 Å². The van der Waals surface area contributed by atoms with Crippen molar-refractivity contribution in [1.29, 1.82) is 0 Å². The van der Waals surface area contributed by atoms with Crippen molar-refractivity contribution in [1.82, 2.24) is 19.9 Å². The van der Waals surface area contributed by atoms with Crippen LogP contribution in [0.4, 0.5) is 5.95 Å². The SMILES string of the molecule is COc1cc(C)ccc1OCC(=O)N1CCC[C@H]1c1nc(N(C)C)ncc1-c1ccncc1. The lowest BCUT2D eigenvalue weighted by Gasteiger charge is -2.27. The summed E-state index contributed by atoms with van der Waals surface area (Å²) >= 11 is 0. The van der Waals surface area contributed by atoms with Gasteiger partial charge in [0.25, 0.3) is 5.91 Å². The topological polar surface area (TPSA) is 80.7 Å². The highest BCUT2D eigenvalue weighted by molar-refractivity contribution is 5.79. The van der Waals surface area contributed by atoms with E-state index in [1.165, 1.54) is 0 Å². The van der Waals surface area contributed by atoms with Crippen molar-refractivity contribution in [3.63, 3.8) is 0 Å². The van der Waals surface area contributed by atoms with Crippen LogP contribution in [0.3, 0.4) is 0 Å². The van der Waals surface area contributed by atoms with Crippen LogP contribution in [-0.2, 0) is 4.79 Å². The fourth-order valence-corrected chi connectivity index (χ4v) is 4.07. The fraction of sp³-hybridized carbons (Fsp3) is 0.360. The molecule has 3 heterocycles. The molecule has 3 aromatic rings. The number of methoxy groups -OCH3 is 1. The van der Waals surface area contributed by atoms with E-state index in [1.807, 2.05) is 67.3 Å². The molecule has 1 amide bonds. The van der Waals surface area contributed by atoms with Crippen molar-refractivity contribution in [3.8, 4) is 22.6 Å². The third kappa shape index (κ3) is 4.89. The molecule has 1 aliphatic heterocycles. The number of benzene rings is 1. The number of carbonyl (C=O) groups is 1. The Labute approximate surface area is 194 Å². The lowest BCUT2D eigenvalue weighted by atomic mass is 10.0. The first-order valence-electron chi connectivity index (χ1n) is 11.0. The number of hydrogen-bond donors (Lipinski definition) is 0. The summed E-state index contributed by atoms with van der Waals surface area (Å²) in [6.07, 6.45) is 7.07. The van der Waals surface area contributed by atoms with Crippen LogP contribution in [0.15, 0.2) is 48.9 Å². The molecule has 2 aromatic heterocycles. The summed E-state index contributed by atoms with van der Waals surface area (Å²) in [5.41, 5.74) is 3.80. The standard InChI is InChI=1S/C25H29N5O3/c1-17-7-8-21(22(14-17)32-4)33-16-23(31)30-13-5-6-20(30)24-19(18-9-11-26-12-10-18)15-27-25(28-24)29(2)3/h7-12,14-15,20H,5-6,13,16H2,1-4H3/t20-/m0/s1. The molecule has 0 radical (unpaired) electrons. The zero-order valence-corrected chi connectivity index (χ0v) is 19.5. The highest BCUT2D eigenvalue weighted by atomic mass is 16.5. The van der Waals surface area contributed by atoms with Crippen LogP contribution in [0.1, 0.15) is 30.1 Å². The summed E-state index contributed by atoms with van der Waals surface area (Å²) in [5.74, 6) is 1.71. The number of aromatic nitrogens is 3. The lowest BCUT2D eigenvalue weighted by Crippen LogP contribution is -2.35. The van der Waals surface area contributed by atoms with Crippen molar-refractivity contribution in [3.05, 3.63) is 60.2 Å². The van der Waals surface area contributed by atoms with E-state index >= 15 is 0 Å². The first kappa shape index (κ1) is 22.5. The van der Waals surface area contributed by atoms with E-state index < -0.39 is 0 Å². The lowest BCUT2D eigenvalue weighted by molar-refractivity contribution is -0.134. The fourth-order valence-electron chi connectivity index (χ4n) is 4.07. The monoisotopic (exact) mass is 447 g/mol. The minimum absolute atomic E-state index is 0.0634. The minimum atomic E-state index is -0.147. The van der Waals surface area contributed by atoms with Gasteiger partial charge in [0.15, 0.2) is 18.1 Å². The number of aryl methyl sites for hydroxylation is 1. The summed E-state index contributed by atoms with van der Waals surface area (Å²) in [6.45, 7) is 2.58. The number of likely N-dealkylation sites (tertiary alicyclic amines) is 1. The first-order chi connectivity index (χ1) is 16.0. The number of hydrogen-bond acceptors (Lipinski definition) is 7. The van der Waals surface area contributed by atoms with Crippen molar-refractivity contribution < 1.29 is 14.3 Å². The van der Waals surface area contributed by atoms with Gasteiger partial charge in [-0.3, -0.25) is 9.78 Å². The van der Waals surface area contributed by atoms with Gasteiger partial charge in [-0.25, -0.2) is 9.97 Å². The third-order valence-corrected chi connectivity index (χ3v) is 5.76. The summed E-state index contributed by atoms with van der Waals surface area (Å²) < 4.78 is 11.3. The quantitative estimate of drug-likeness (QED) is 0.547. The smallest absolute Gasteiger partial charge is 0.261 e. The molecule has 0 saturated carbocycles. The van der Waals surface area contributed by atoms with Crippen LogP contribution in [-0.4, -0.2) is 60.1 Å². The summed E-state index contributed by atoms with van der Waals surface area (Å²) in [6, 6.07) is 9.38. The van der Waals surface area contributed by atoms with Gasteiger partial charge in [0.2, 0.25) is 5.95 Å². The van der Waals surface area contributed by atoms with Crippen LogP contribution in [0.2, 0.25) is 0 Å². The normalized spacial score (nSPS) is 15.4. The Bertz CT molecular complexity index is 1120. The molecule has 0 spiro atoms. The molecule has 4 rings (SSSR count). The molecule has 0 N–H and O–H groups in total. The minimum Gasteiger partial charge on any atom is -0.493 e.